The maximum absolute atomic E-state index is 12.7. The summed E-state index contributed by atoms with van der Waals surface area (Å²) in [7, 11) is 0. The molecule has 1 heterocycles. The Bertz CT molecular complexity index is 1120. The fraction of sp³-hybridized carbons (Fsp3) is 0.0952. The molecule has 152 valence electrons. The first kappa shape index (κ1) is 20.9. The molecule has 2 N–H and O–H groups in total. The molecule has 0 saturated heterocycles. The van der Waals surface area contributed by atoms with Crippen LogP contribution in [0.2, 0.25) is 0 Å². The van der Waals surface area contributed by atoms with Crippen LogP contribution in [0.15, 0.2) is 59.7 Å². The number of amides is 2. The molecule has 0 atom stereocenters. The highest BCUT2D eigenvalue weighted by atomic mass is 32.1. The van der Waals surface area contributed by atoms with E-state index >= 15 is 0 Å². The van der Waals surface area contributed by atoms with Crippen molar-refractivity contribution in [1.29, 1.82) is 0 Å². The molecular weight excluding hydrogens is 404 g/mol. The van der Waals surface area contributed by atoms with Crippen molar-refractivity contribution in [3.8, 4) is 0 Å². The molecule has 0 unspecified atom stereocenters. The molecule has 0 aliphatic rings. The van der Waals surface area contributed by atoms with Gasteiger partial charge in [0.1, 0.15) is 5.00 Å². The summed E-state index contributed by atoms with van der Waals surface area (Å²) >= 11 is 1.32. The topological polar surface area (TPSA) is 114 Å². The number of benzene rings is 2. The number of hydrogen-bond donors (Lipinski definition) is 2. The summed E-state index contributed by atoms with van der Waals surface area (Å²) < 4.78 is 0. The third-order valence-electron chi connectivity index (χ3n) is 4.36. The van der Waals surface area contributed by atoms with Crippen LogP contribution in [0.5, 0.6) is 0 Å². The average molecular weight is 422 g/mol. The SMILES string of the molecule is Cc1sc(NC(=O)c2ccccc2)c(C(=O)N/N=C\c2ccc([N+](=O)[O-])cc2)c1C. The van der Waals surface area contributed by atoms with Gasteiger partial charge in [0.2, 0.25) is 0 Å². The third-order valence-corrected chi connectivity index (χ3v) is 5.48. The standard InChI is InChI=1S/C21H18N4O4S/c1-13-14(2)30-21(23-19(26)16-6-4-3-5-7-16)18(13)20(27)24-22-12-15-8-10-17(11-9-15)25(28)29/h3-12H,1-2H3,(H,23,26)(H,24,27)/b22-12-. The Morgan fingerprint density at radius 2 is 1.70 bits per heavy atom. The van der Waals surface area contributed by atoms with E-state index in [1.54, 1.807) is 31.2 Å². The molecule has 0 radical (unpaired) electrons. The van der Waals surface area contributed by atoms with Gasteiger partial charge in [-0.25, -0.2) is 5.43 Å². The van der Waals surface area contributed by atoms with E-state index in [1.807, 2.05) is 13.0 Å². The molecule has 0 saturated carbocycles. The molecular formula is C21H18N4O4S. The number of thiophene rings is 1. The lowest BCUT2D eigenvalue weighted by Gasteiger charge is -2.06. The molecule has 2 amide bonds. The van der Waals surface area contributed by atoms with Gasteiger partial charge >= 0.3 is 0 Å². The van der Waals surface area contributed by atoms with Crippen LogP contribution in [0.25, 0.3) is 0 Å². The molecule has 0 bridgehead atoms. The normalized spacial score (nSPS) is 10.7. The largest absolute Gasteiger partial charge is 0.313 e. The second-order valence-electron chi connectivity index (χ2n) is 6.36. The average Bonchev–Trinajstić information content (AvgIpc) is 3.02. The van der Waals surface area contributed by atoms with Gasteiger partial charge in [-0.3, -0.25) is 19.7 Å². The number of hydrogen-bond acceptors (Lipinski definition) is 6. The van der Waals surface area contributed by atoms with E-state index in [2.05, 4.69) is 15.8 Å². The van der Waals surface area contributed by atoms with Gasteiger partial charge in [0.25, 0.3) is 17.5 Å². The monoisotopic (exact) mass is 422 g/mol. The van der Waals surface area contributed by atoms with Gasteiger partial charge in [-0.05, 0) is 49.2 Å². The number of anilines is 1. The third kappa shape index (κ3) is 4.76. The van der Waals surface area contributed by atoms with E-state index < -0.39 is 10.8 Å². The summed E-state index contributed by atoms with van der Waals surface area (Å²) in [4.78, 5) is 36.3. The number of carbonyl (C=O) groups excluding carboxylic acids is 2. The molecule has 0 spiro atoms. The van der Waals surface area contributed by atoms with E-state index in [0.29, 0.717) is 21.7 Å². The lowest BCUT2D eigenvalue weighted by atomic mass is 10.1. The summed E-state index contributed by atoms with van der Waals surface area (Å²) in [5.74, 6) is -0.765. The van der Waals surface area contributed by atoms with E-state index in [0.717, 1.165) is 10.4 Å². The second kappa shape index (κ2) is 9.10. The van der Waals surface area contributed by atoms with Gasteiger partial charge in [-0.15, -0.1) is 11.3 Å². The van der Waals surface area contributed by atoms with Gasteiger partial charge in [-0.1, -0.05) is 18.2 Å². The minimum absolute atomic E-state index is 0.0284. The van der Waals surface area contributed by atoms with Crippen LogP contribution in [0.1, 0.15) is 36.7 Å². The highest BCUT2D eigenvalue weighted by Gasteiger charge is 2.21. The molecule has 0 aliphatic carbocycles. The Balaban J connectivity index is 1.74. The number of nitrogens with one attached hydrogen (secondary N) is 2. The van der Waals surface area contributed by atoms with Crippen LogP contribution in [0, 0.1) is 24.0 Å². The van der Waals surface area contributed by atoms with Crippen molar-refractivity contribution in [2.24, 2.45) is 5.10 Å². The summed E-state index contributed by atoms with van der Waals surface area (Å²) in [6.07, 6.45) is 1.39. The molecule has 9 heteroatoms. The fourth-order valence-electron chi connectivity index (χ4n) is 2.66. The Kier molecular flexibility index (Phi) is 6.33. The molecule has 8 nitrogen and oxygen atoms in total. The first-order valence-electron chi connectivity index (χ1n) is 8.91. The highest BCUT2D eigenvalue weighted by Crippen LogP contribution is 2.32. The smallest absolute Gasteiger partial charge is 0.274 e. The molecule has 30 heavy (non-hydrogen) atoms. The Morgan fingerprint density at radius 3 is 2.33 bits per heavy atom. The van der Waals surface area contributed by atoms with E-state index in [9.17, 15) is 19.7 Å². The van der Waals surface area contributed by atoms with Crippen molar-refractivity contribution < 1.29 is 14.5 Å². The molecule has 0 aliphatic heterocycles. The van der Waals surface area contributed by atoms with Crippen molar-refractivity contribution in [3.63, 3.8) is 0 Å². The number of nitrogens with zero attached hydrogens (tertiary/aromatic N) is 2. The minimum atomic E-state index is -0.490. The highest BCUT2D eigenvalue weighted by molar-refractivity contribution is 7.16. The maximum Gasteiger partial charge on any atom is 0.274 e. The van der Waals surface area contributed by atoms with Crippen molar-refractivity contribution in [1.82, 2.24) is 5.43 Å². The number of nitro benzene ring substituents is 1. The molecule has 3 aromatic rings. The summed E-state index contributed by atoms with van der Waals surface area (Å²) in [5.41, 5.74) is 4.61. The van der Waals surface area contributed by atoms with Crippen molar-refractivity contribution in [3.05, 3.63) is 91.8 Å². The lowest BCUT2D eigenvalue weighted by molar-refractivity contribution is -0.384. The van der Waals surface area contributed by atoms with Crippen LogP contribution in [0.3, 0.4) is 0 Å². The van der Waals surface area contributed by atoms with Gasteiger partial charge < -0.3 is 5.32 Å². The molecule has 3 rings (SSSR count). The van der Waals surface area contributed by atoms with E-state index in [1.165, 1.54) is 41.8 Å². The predicted molar refractivity (Wildman–Crippen MR) is 116 cm³/mol. The summed E-state index contributed by atoms with van der Waals surface area (Å²) in [6.45, 7) is 3.67. The van der Waals surface area contributed by atoms with E-state index in [4.69, 9.17) is 0 Å². The van der Waals surface area contributed by atoms with Crippen LogP contribution >= 0.6 is 11.3 Å². The zero-order valence-electron chi connectivity index (χ0n) is 16.2. The summed E-state index contributed by atoms with van der Waals surface area (Å²) in [6, 6.07) is 14.5. The number of rotatable bonds is 6. The summed E-state index contributed by atoms with van der Waals surface area (Å²) in [5, 5.41) is 17.9. The van der Waals surface area contributed by atoms with E-state index in [-0.39, 0.29) is 11.6 Å². The van der Waals surface area contributed by atoms with Crippen molar-refractivity contribution in [2.45, 2.75) is 13.8 Å². The molecule has 1 aromatic heterocycles. The Labute approximate surface area is 176 Å². The molecule has 2 aromatic carbocycles. The molecule has 0 fully saturated rings. The number of hydrazone groups is 1. The number of carbonyl (C=O) groups is 2. The quantitative estimate of drug-likeness (QED) is 0.350. The van der Waals surface area contributed by atoms with Crippen LogP contribution < -0.4 is 10.7 Å². The number of aryl methyl sites for hydroxylation is 1. The fourth-order valence-corrected chi connectivity index (χ4v) is 3.71. The van der Waals surface area contributed by atoms with Crippen LogP contribution in [-0.2, 0) is 0 Å². The minimum Gasteiger partial charge on any atom is -0.313 e. The predicted octanol–water partition coefficient (Wildman–Crippen LogP) is 4.29. The van der Waals surface area contributed by atoms with Gasteiger partial charge in [0, 0.05) is 22.6 Å². The van der Waals surface area contributed by atoms with Gasteiger partial charge in [0.15, 0.2) is 0 Å². The first-order chi connectivity index (χ1) is 14.4. The van der Waals surface area contributed by atoms with Crippen molar-refractivity contribution >= 4 is 40.1 Å². The Hall–Kier alpha value is -3.85. The lowest BCUT2D eigenvalue weighted by Crippen LogP contribution is -2.21. The van der Waals surface area contributed by atoms with Crippen LogP contribution in [-0.4, -0.2) is 23.0 Å². The zero-order chi connectivity index (χ0) is 21.7. The number of nitro groups is 1. The van der Waals surface area contributed by atoms with Crippen LogP contribution in [0.4, 0.5) is 10.7 Å². The zero-order valence-corrected chi connectivity index (χ0v) is 17.0. The maximum atomic E-state index is 12.7. The van der Waals surface area contributed by atoms with Crippen molar-refractivity contribution in [2.75, 3.05) is 5.32 Å². The second-order valence-corrected chi connectivity index (χ2v) is 7.58. The van der Waals surface area contributed by atoms with Gasteiger partial charge in [0.05, 0.1) is 16.7 Å². The number of non-ortho nitro benzene ring substituents is 1. The first-order valence-corrected chi connectivity index (χ1v) is 9.72. The Morgan fingerprint density at radius 1 is 1.03 bits per heavy atom. The van der Waals surface area contributed by atoms with Gasteiger partial charge in [-0.2, -0.15) is 5.10 Å².